The third kappa shape index (κ3) is 7.77. The van der Waals surface area contributed by atoms with Gasteiger partial charge >= 0.3 is 0 Å². The maximum atomic E-state index is 14.4. The highest BCUT2D eigenvalue weighted by molar-refractivity contribution is 14.0. The van der Waals surface area contributed by atoms with Crippen molar-refractivity contribution in [2.24, 2.45) is 16.8 Å². The molecule has 1 fully saturated rings. The number of ether oxygens (including phenoxy) is 1. The molecule has 1 heterocycles. The summed E-state index contributed by atoms with van der Waals surface area (Å²) < 4.78 is 21.9. The van der Waals surface area contributed by atoms with E-state index in [1.54, 1.807) is 18.3 Å². The molecule has 1 aliphatic rings. The first-order valence-corrected chi connectivity index (χ1v) is 10.5. The number of nitrogens with zero attached hydrogens (tertiary/aromatic N) is 3. The molecule has 166 valence electrons. The first-order valence-electron chi connectivity index (χ1n) is 10.5. The number of halogens is 2. The maximum Gasteiger partial charge on any atom is 0.191 e. The van der Waals surface area contributed by atoms with Crippen LogP contribution in [0.4, 0.5) is 4.39 Å². The Hall–Kier alpha value is -1.84. The molecule has 0 amide bonds. The van der Waals surface area contributed by atoms with Crippen molar-refractivity contribution in [3.8, 4) is 5.75 Å². The summed E-state index contributed by atoms with van der Waals surface area (Å²) >= 11 is 0. The van der Waals surface area contributed by atoms with Gasteiger partial charge in [0.1, 0.15) is 0 Å². The molecule has 8 heteroatoms. The summed E-state index contributed by atoms with van der Waals surface area (Å²) in [5.41, 5.74) is 0.858. The Labute approximate surface area is 195 Å². The van der Waals surface area contributed by atoms with Gasteiger partial charge in [-0.15, -0.1) is 24.0 Å². The van der Waals surface area contributed by atoms with E-state index >= 15 is 0 Å². The van der Waals surface area contributed by atoms with Crippen LogP contribution in [0.25, 0.3) is 0 Å². The van der Waals surface area contributed by atoms with Crippen LogP contribution in [-0.2, 0) is 6.54 Å². The highest BCUT2D eigenvalue weighted by Crippen LogP contribution is 2.30. The summed E-state index contributed by atoms with van der Waals surface area (Å²) in [6.07, 6.45) is 6.12. The monoisotopic (exact) mass is 529 g/mol. The van der Waals surface area contributed by atoms with Crippen LogP contribution < -0.4 is 15.4 Å². The summed E-state index contributed by atoms with van der Waals surface area (Å²) in [6.45, 7) is 9.03. The summed E-state index contributed by atoms with van der Waals surface area (Å²) in [5, 5.41) is 10.9. The summed E-state index contributed by atoms with van der Waals surface area (Å²) in [5.74, 6) is 1.69. The van der Waals surface area contributed by atoms with Crippen molar-refractivity contribution < 1.29 is 9.13 Å². The van der Waals surface area contributed by atoms with E-state index in [-0.39, 0.29) is 35.8 Å². The van der Waals surface area contributed by atoms with Crippen LogP contribution >= 0.6 is 24.0 Å². The predicted molar refractivity (Wildman–Crippen MR) is 129 cm³/mol. The van der Waals surface area contributed by atoms with E-state index in [4.69, 9.17) is 9.73 Å². The average Bonchev–Trinajstić information content (AvgIpc) is 3.39. The fourth-order valence-corrected chi connectivity index (χ4v) is 3.04. The molecule has 0 radical (unpaired) electrons. The van der Waals surface area contributed by atoms with E-state index in [1.807, 2.05) is 36.9 Å². The number of aliphatic imine (C=N–C) groups is 1. The van der Waals surface area contributed by atoms with Crippen LogP contribution in [0.15, 0.2) is 41.7 Å². The molecule has 1 saturated carbocycles. The van der Waals surface area contributed by atoms with Gasteiger partial charge < -0.3 is 15.4 Å². The minimum Gasteiger partial charge on any atom is -0.490 e. The van der Waals surface area contributed by atoms with E-state index in [1.165, 1.54) is 12.8 Å². The molecule has 2 N–H and O–H groups in total. The van der Waals surface area contributed by atoms with Crippen molar-refractivity contribution in [3.63, 3.8) is 0 Å². The lowest BCUT2D eigenvalue weighted by Gasteiger charge is -2.19. The van der Waals surface area contributed by atoms with E-state index in [2.05, 4.69) is 22.7 Å². The number of aromatic nitrogens is 2. The first-order chi connectivity index (χ1) is 14.0. The number of guanidine groups is 1. The quantitative estimate of drug-likeness (QED) is 0.273. The molecule has 1 aliphatic carbocycles. The number of rotatable bonds is 10. The second-order valence-corrected chi connectivity index (χ2v) is 7.86. The van der Waals surface area contributed by atoms with Crippen LogP contribution in [0.5, 0.6) is 5.75 Å². The Morgan fingerprint density at radius 1 is 1.37 bits per heavy atom. The van der Waals surface area contributed by atoms with E-state index in [0.717, 1.165) is 24.6 Å². The molecule has 6 nitrogen and oxygen atoms in total. The van der Waals surface area contributed by atoms with E-state index in [0.29, 0.717) is 30.7 Å². The largest absolute Gasteiger partial charge is 0.490 e. The minimum atomic E-state index is -0.313. The predicted octanol–water partition coefficient (Wildman–Crippen LogP) is 4.38. The van der Waals surface area contributed by atoms with Crippen molar-refractivity contribution in [2.75, 3.05) is 19.7 Å². The average molecular weight is 529 g/mol. The van der Waals surface area contributed by atoms with E-state index < -0.39 is 0 Å². The van der Waals surface area contributed by atoms with Gasteiger partial charge in [0.05, 0.1) is 12.6 Å². The number of benzene rings is 1. The van der Waals surface area contributed by atoms with Gasteiger partial charge in [-0.1, -0.05) is 13.0 Å². The number of hydrogen-bond acceptors (Lipinski definition) is 3. The molecule has 30 heavy (non-hydrogen) atoms. The second-order valence-electron chi connectivity index (χ2n) is 7.86. The first kappa shape index (κ1) is 24.4. The lowest BCUT2D eigenvalue weighted by atomic mass is 10.1. The van der Waals surface area contributed by atoms with Crippen molar-refractivity contribution in [2.45, 2.75) is 46.2 Å². The van der Waals surface area contributed by atoms with Gasteiger partial charge in [0.15, 0.2) is 17.5 Å². The zero-order chi connectivity index (χ0) is 20.6. The van der Waals surface area contributed by atoms with Crippen LogP contribution in [0, 0.1) is 17.7 Å². The van der Waals surface area contributed by atoms with Gasteiger partial charge in [-0.2, -0.15) is 5.10 Å². The molecular formula is C22H33FIN5O. The zero-order valence-corrected chi connectivity index (χ0v) is 20.3. The molecule has 0 spiro atoms. The van der Waals surface area contributed by atoms with Crippen molar-refractivity contribution >= 4 is 29.9 Å². The summed E-state index contributed by atoms with van der Waals surface area (Å²) in [7, 11) is 0. The Bertz CT molecular complexity index is 795. The molecule has 0 saturated heterocycles. The summed E-state index contributed by atoms with van der Waals surface area (Å²) in [4.78, 5) is 4.69. The SMILES string of the molecule is CCNC(=NCC(C)Cn1cccn1)NC(C)c1ccc(OCC2CC2)c(F)c1.I. The van der Waals surface area contributed by atoms with Gasteiger partial charge in [-0.3, -0.25) is 9.67 Å². The molecular weight excluding hydrogens is 496 g/mol. The second kappa shape index (κ2) is 12.1. The van der Waals surface area contributed by atoms with Crippen LogP contribution in [-0.4, -0.2) is 35.4 Å². The lowest BCUT2D eigenvalue weighted by Crippen LogP contribution is -2.39. The lowest BCUT2D eigenvalue weighted by molar-refractivity contribution is 0.285. The molecule has 0 bridgehead atoms. The molecule has 2 atom stereocenters. The molecule has 3 rings (SSSR count). The van der Waals surface area contributed by atoms with E-state index in [9.17, 15) is 4.39 Å². The van der Waals surface area contributed by atoms with Crippen molar-refractivity contribution in [1.29, 1.82) is 0 Å². The smallest absolute Gasteiger partial charge is 0.191 e. The Balaban J connectivity index is 0.00000320. The summed E-state index contributed by atoms with van der Waals surface area (Å²) in [6, 6.07) is 7.02. The number of hydrogen-bond donors (Lipinski definition) is 2. The highest BCUT2D eigenvalue weighted by atomic mass is 127. The zero-order valence-electron chi connectivity index (χ0n) is 18.0. The van der Waals surface area contributed by atoms with Crippen LogP contribution in [0.2, 0.25) is 0 Å². The molecule has 2 unspecified atom stereocenters. The van der Waals surface area contributed by atoms with Crippen molar-refractivity contribution in [3.05, 3.63) is 48.0 Å². The van der Waals surface area contributed by atoms with Gasteiger partial charge in [0.25, 0.3) is 0 Å². The van der Waals surface area contributed by atoms with Crippen LogP contribution in [0.3, 0.4) is 0 Å². The third-order valence-corrected chi connectivity index (χ3v) is 4.94. The molecule has 1 aromatic carbocycles. The molecule has 1 aromatic heterocycles. The fraction of sp³-hybridized carbons (Fsp3) is 0.545. The normalized spacial score (nSPS) is 15.8. The molecule has 2 aromatic rings. The van der Waals surface area contributed by atoms with Crippen LogP contribution in [0.1, 0.15) is 45.2 Å². The van der Waals surface area contributed by atoms with Gasteiger partial charge in [0.2, 0.25) is 0 Å². The van der Waals surface area contributed by atoms with Gasteiger partial charge in [0, 0.05) is 32.0 Å². The Kier molecular flexibility index (Phi) is 9.87. The number of nitrogens with one attached hydrogen (secondary N) is 2. The molecule has 0 aliphatic heterocycles. The Morgan fingerprint density at radius 2 is 2.17 bits per heavy atom. The van der Waals surface area contributed by atoms with Gasteiger partial charge in [-0.05, 0) is 62.3 Å². The van der Waals surface area contributed by atoms with Crippen molar-refractivity contribution in [1.82, 2.24) is 20.4 Å². The highest BCUT2D eigenvalue weighted by Gasteiger charge is 2.22. The Morgan fingerprint density at radius 3 is 2.80 bits per heavy atom. The fourth-order valence-electron chi connectivity index (χ4n) is 3.04. The topological polar surface area (TPSA) is 63.5 Å². The van der Waals surface area contributed by atoms with Gasteiger partial charge in [-0.25, -0.2) is 4.39 Å². The third-order valence-electron chi connectivity index (χ3n) is 4.94. The standard InChI is InChI=1S/C22H32FN5O.HI/c1-4-24-22(25-13-16(2)14-28-11-5-10-26-28)27-17(3)19-8-9-21(20(23)12-19)29-15-18-6-7-18;/h5,8-12,16-18H,4,6-7,13-15H2,1-3H3,(H2,24,25,27);1H. The maximum absolute atomic E-state index is 14.4. The minimum absolute atomic E-state index is 0.